The molecule has 0 aliphatic heterocycles. The number of urea groups is 1. The average Bonchev–Trinajstić information content (AvgIpc) is 2.76. The molecule has 0 bridgehead atoms. The molecule has 19 heavy (non-hydrogen) atoms. The summed E-state index contributed by atoms with van der Waals surface area (Å²) in [4.78, 5) is 22.7. The molecule has 1 aromatic heterocycles. The summed E-state index contributed by atoms with van der Waals surface area (Å²) in [7, 11) is 1.25. The van der Waals surface area contributed by atoms with Crippen LogP contribution in [0.2, 0.25) is 0 Å². The topological polar surface area (TPSA) is 100 Å². The van der Waals surface area contributed by atoms with Crippen molar-refractivity contribution in [3.05, 3.63) is 11.9 Å². The van der Waals surface area contributed by atoms with Crippen molar-refractivity contribution in [2.75, 3.05) is 20.1 Å². The van der Waals surface area contributed by atoms with Crippen LogP contribution in [-0.2, 0) is 6.54 Å². The molecular weight excluding hydrogens is 264 g/mol. The normalized spacial score (nSPS) is 10.5. The predicted octanol–water partition coefficient (Wildman–Crippen LogP) is -0.117. The molecule has 2 N–H and O–H groups in total. The lowest BCUT2D eigenvalue weighted by Crippen LogP contribution is -2.40. The van der Waals surface area contributed by atoms with Crippen LogP contribution in [0.4, 0.5) is 13.6 Å². The molecule has 0 aromatic carbocycles. The fraction of sp³-hybridized carbons (Fsp3) is 0.556. The average molecular weight is 277 g/mol. The SMILES string of the molecule is CN(CC(F)F)C(=O)NCCn1cc(C(=O)O)nn1. The fourth-order valence-corrected chi connectivity index (χ4v) is 1.21. The number of alkyl halides is 2. The third kappa shape index (κ3) is 4.85. The van der Waals surface area contributed by atoms with Crippen LogP contribution in [0, 0.1) is 0 Å². The second-order valence-electron chi connectivity index (χ2n) is 3.68. The van der Waals surface area contributed by atoms with Crippen molar-refractivity contribution in [3.8, 4) is 0 Å². The molecule has 0 unspecified atom stereocenters. The Labute approximate surface area is 107 Å². The number of aromatic nitrogens is 3. The Kier molecular flexibility index (Phi) is 5.15. The highest BCUT2D eigenvalue weighted by atomic mass is 19.3. The number of hydrogen-bond acceptors (Lipinski definition) is 4. The zero-order valence-corrected chi connectivity index (χ0v) is 10.1. The minimum Gasteiger partial charge on any atom is -0.476 e. The van der Waals surface area contributed by atoms with Gasteiger partial charge in [0.15, 0.2) is 5.69 Å². The van der Waals surface area contributed by atoms with Gasteiger partial charge in [0.2, 0.25) is 0 Å². The summed E-state index contributed by atoms with van der Waals surface area (Å²) in [5, 5.41) is 17.9. The summed E-state index contributed by atoms with van der Waals surface area (Å²) >= 11 is 0. The summed E-state index contributed by atoms with van der Waals surface area (Å²) in [5.74, 6) is -1.20. The molecule has 0 radical (unpaired) electrons. The Morgan fingerprint density at radius 3 is 2.79 bits per heavy atom. The second kappa shape index (κ2) is 6.61. The van der Waals surface area contributed by atoms with Gasteiger partial charge in [0.1, 0.15) is 0 Å². The Morgan fingerprint density at radius 2 is 2.26 bits per heavy atom. The van der Waals surface area contributed by atoms with Crippen LogP contribution < -0.4 is 5.32 Å². The first-order chi connectivity index (χ1) is 8.90. The van der Waals surface area contributed by atoms with Gasteiger partial charge in [-0.25, -0.2) is 23.1 Å². The molecule has 0 fully saturated rings. The van der Waals surface area contributed by atoms with Gasteiger partial charge in [0.25, 0.3) is 6.43 Å². The van der Waals surface area contributed by atoms with Crippen LogP contribution in [0.3, 0.4) is 0 Å². The van der Waals surface area contributed by atoms with Gasteiger partial charge in [0, 0.05) is 13.6 Å². The molecule has 106 valence electrons. The Balaban J connectivity index is 2.33. The monoisotopic (exact) mass is 277 g/mol. The fourth-order valence-electron chi connectivity index (χ4n) is 1.21. The zero-order valence-electron chi connectivity index (χ0n) is 10.1. The lowest BCUT2D eigenvalue weighted by molar-refractivity contribution is 0.0690. The van der Waals surface area contributed by atoms with Crippen molar-refractivity contribution in [2.24, 2.45) is 0 Å². The molecule has 0 saturated heterocycles. The van der Waals surface area contributed by atoms with Gasteiger partial charge < -0.3 is 15.3 Å². The summed E-state index contributed by atoms with van der Waals surface area (Å²) in [6.45, 7) is -0.346. The molecular formula is C9H13F2N5O3. The molecule has 10 heteroatoms. The molecule has 0 atom stereocenters. The number of carbonyl (C=O) groups is 2. The van der Waals surface area contributed by atoms with Crippen LogP contribution in [0.1, 0.15) is 10.5 Å². The van der Waals surface area contributed by atoms with Crippen LogP contribution >= 0.6 is 0 Å². The van der Waals surface area contributed by atoms with E-state index in [2.05, 4.69) is 15.6 Å². The predicted molar refractivity (Wildman–Crippen MR) is 59.0 cm³/mol. The minimum absolute atomic E-state index is 0.120. The molecule has 0 spiro atoms. The number of nitrogens with zero attached hydrogens (tertiary/aromatic N) is 4. The smallest absolute Gasteiger partial charge is 0.358 e. The van der Waals surface area contributed by atoms with Crippen molar-refractivity contribution in [1.82, 2.24) is 25.2 Å². The van der Waals surface area contributed by atoms with Gasteiger partial charge in [-0.1, -0.05) is 5.21 Å². The van der Waals surface area contributed by atoms with Gasteiger partial charge in [-0.15, -0.1) is 5.10 Å². The van der Waals surface area contributed by atoms with E-state index in [0.717, 1.165) is 4.90 Å². The molecule has 2 amide bonds. The van der Waals surface area contributed by atoms with E-state index in [1.165, 1.54) is 17.9 Å². The van der Waals surface area contributed by atoms with E-state index in [0.29, 0.717) is 0 Å². The summed E-state index contributed by atoms with van der Waals surface area (Å²) in [6.07, 6.45) is -1.39. The number of nitrogens with one attached hydrogen (secondary N) is 1. The van der Waals surface area contributed by atoms with Crippen LogP contribution in [0.15, 0.2) is 6.20 Å². The van der Waals surface area contributed by atoms with Crippen molar-refractivity contribution in [2.45, 2.75) is 13.0 Å². The van der Waals surface area contributed by atoms with Crippen molar-refractivity contribution in [3.63, 3.8) is 0 Å². The van der Waals surface area contributed by atoms with Gasteiger partial charge in [-0.2, -0.15) is 0 Å². The maximum Gasteiger partial charge on any atom is 0.358 e. The van der Waals surface area contributed by atoms with Gasteiger partial charge in [-0.3, -0.25) is 0 Å². The quantitative estimate of drug-likeness (QED) is 0.755. The van der Waals surface area contributed by atoms with E-state index in [9.17, 15) is 18.4 Å². The number of rotatable bonds is 6. The molecule has 8 nitrogen and oxygen atoms in total. The number of carbonyl (C=O) groups excluding carboxylic acids is 1. The zero-order chi connectivity index (χ0) is 14.4. The third-order valence-electron chi connectivity index (χ3n) is 2.13. The molecule has 0 saturated carbocycles. The lowest BCUT2D eigenvalue weighted by atomic mass is 10.5. The maximum atomic E-state index is 12.0. The molecule has 0 aliphatic rings. The largest absolute Gasteiger partial charge is 0.476 e. The number of halogens is 2. The highest BCUT2D eigenvalue weighted by Gasteiger charge is 2.13. The molecule has 1 rings (SSSR count). The van der Waals surface area contributed by atoms with E-state index in [4.69, 9.17) is 5.11 Å². The Bertz CT molecular complexity index is 451. The van der Waals surface area contributed by atoms with Crippen LogP contribution in [0.25, 0.3) is 0 Å². The summed E-state index contributed by atoms with van der Waals surface area (Å²) < 4.78 is 25.3. The summed E-state index contributed by atoms with van der Waals surface area (Å²) in [5.41, 5.74) is -0.207. The molecule has 0 aliphatic carbocycles. The highest BCUT2D eigenvalue weighted by molar-refractivity contribution is 5.84. The first kappa shape index (κ1) is 14.8. The van der Waals surface area contributed by atoms with Crippen molar-refractivity contribution >= 4 is 12.0 Å². The first-order valence-corrected chi connectivity index (χ1v) is 5.30. The van der Waals surface area contributed by atoms with E-state index in [1.54, 1.807) is 0 Å². The minimum atomic E-state index is -2.59. The standard InChI is InChI=1S/C9H13F2N5O3/c1-15(5-7(10)11)9(19)12-2-3-16-4-6(8(17)18)13-14-16/h4,7H,2-3,5H2,1H3,(H,12,19)(H,17,18). The van der Waals surface area contributed by atoms with Crippen LogP contribution in [0.5, 0.6) is 0 Å². The van der Waals surface area contributed by atoms with E-state index >= 15 is 0 Å². The van der Waals surface area contributed by atoms with Crippen LogP contribution in [-0.4, -0.2) is 63.6 Å². The second-order valence-corrected chi connectivity index (χ2v) is 3.68. The number of hydrogen-bond donors (Lipinski definition) is 2. The number of carboxylic acids is 1. The maximum absolute atomic E-state index is 12.0. The van der Waals surface area contributed by atoms with E-state index in [1.807, 2.05) is 0 Å². The Hall–Kier alpha value is -2.26. The first-order valence-electron chi connectivity index (χ1n) is 5.30. The number of carboxylic acid groups (broad SMARTS) is 1. The van der Waals surface area contributed by atoms with E-state index in [-0.39, 0.29) is 18.8 Å². The molecule has 1 heterocycles. The summed E-state index contributed by atoms with van der Waals surface area (Å²) in [6, 6.07) is -0.640. The number of aromatic carboxylic acids is 1. The lowest BCUT2D eigenvalue weighted by Gasteiger charge is -2.17. The van der Waals surface area contributed by atoms with Gasteiger partial charge in [0.05, 0.1) is 19.3 Å². The molecule has 1 aromatic rings. The van der Waals surface area contributed by atoms with Crippen molar-refractivity contribution < 1.29 is 23.5 Å². The third-order valence-corrected chi connectivity index (χ3v) is 2.13. The highest BCUT2D eigenvalue weighted by Crippen LogP contribution is 1.96. The van der Waals surface area contributed by atoms with Gasteiger partial charge in [-0.05, 0) is 0 Å². The number of amides is 2. The Morgan fingerprint density at radius 1 is 1.58 bits per heavy atom. The van der Waals surface area contributed by atoms with Crippen molar-refractivity contribution in [1.29, 1.82) is 0 Å². The van der Waals surface area contributed by atoms with E-state index < -0.39 is 25.0 Å². The van der Waals surface area contributed by atoms with Gasteiger partial charge >= 0.3 is 12.0 Å².